The lowest BCUT2D eigenvalue weighted by atomic mass is 10.0. The normalized spacial score (nSPS) is 11.3. The van der Waals surface area contributed by atoms with Crippen molar-refractivity contribution in [2.45, 2.75) is 20.8 Å². The van der Waals surface area contributed by atoms with Crippen molar-refractivity contribution in [2.75, 3.05) is 0 Å². The van der Waals surface area contributed by atoms with Gasteiger partial charge >= 0.3 is 0 Å². The summed E-state index contributed by atoms with van der Waals surface area (Å²) in [5.74, 6) is -0.0428. The van der Waals surface area contributed by atoms with Gasteiger partial charge in [-0.3, -0.25) is 4.79 Å². The van der Waals surface area contributed by atoms with Crippen molar-refractivity contribution in [1.29, 1.82) is 0 Å². The molecule has 1 amide bonds. The molecule has 0 spiro atoms. The minimum atomic E-state index is -0.0428. The summed E-state index contributed by atoms with van der Waals surface area (Å²) < 4.78 is 1.89. The van der Waals surface area contributed by atoms with Crippen LogP contribution in [-0.4, -0.2) is 5.91 Å². The number of amides is 1. The maximum Gasteiger partial charge on any atom is 0.221 e. The molecular weight excluding hydrogens is 301 g/mol. The average molecular weight is 315 g/mol. The van der Waals surface area contributed by atoms with Gasteiger partial charge in [0.25, 0.3) is 0 Å². The van der Waals surface area contributed by atoms with Gasteiger partial charge in [0.05, 0.1) is 5.70 Å². The Bertz CT molecular complexity index is 410. The number of carbonyl (C=O) groups excluding carboxylic acids is 1. The summed E-state index contributed by atoms with van der Waals surface area (Å²) in [5.41, 5.74) is 4.30. The zero-order valence-corrected chi connectivity index (χ0v) is 11.3. The Morgan fingerprint density at radius 2 is 2.07 bits per heavy atom. The van der Waals surface area contributed by atoms with E-state index in [2.05, 4.69) is 46.1 Å². The maximum absolute atomic E-state index is 11.0. The predicted octanol–water partition coefficient (Wildman–Crippen LogP) is 3.17. The number of aryl methyl sites for hydroxylation is 2. The van der Waals surface area contributed by atoms with E-state index in [9.17, 15) is 4.79 Å². The van der Waals surface area contributed by atoms with Crippen molar-refractivity contribution >= 4 is 34.2 Å². The molecule has 0 unspecified atom stereocenters. The second-order valence-electron chi connectivity index (χ2n) is 3.52. The molecule has 0 aliphatic carbocycles. The second-order valence-corrected chi connectivity index (χ2v) is 4.15. The Morgan fingerprint density at radius 3 is 2.60 bits per heavy atom. The van der Waals surface area contributed by atoms with Crippen LogP contribution in [0.15, 0.2) is 22.3 Å². The van der Waals surface area contributed by atoms with Crippen LogP contribution in [0.3, 0.4) is 0 Å². The van der Waals surface area contributed by atoms with Crippen LogP contribution in [0, 0.1) is 13.8 Å². The summed E-state index contributed by atoms with van der Waals surface area (Å²) in [4.78, 5) is 11.0. The summed E-state index contributed by atoms with van der Waals surface area (Å²) in [6, 6.07) is 6.21. The van der Waals surface area contributed by atoms with Crippen LogP contribution < -0.4 is 5.32 Å². The highest BCUT2D eigenvalue weighted by atomic mass is 127. The predicted molar refractivity (Wildman–Crippen MR) is 71.7 cm³/mol. The molecule has 0 heterocycles. The van der Waals surface area contributed by atoms with Gasteiger partial charge in [0.2, 0.25) is 5.91 Å². The number of hydrogen-bond donors (Lipinski definition) is 1. The molecule has 0 aliphatic heterocycles. The summed E-state index contributed by atoms with van der Waals surface area (Å²) >= 11 is 2.14. The van der Waals surface area contributed by atoms with E-state index < -0.39 is 0 Å². The van der Waals surface area contributed by atoms with Gasteiger partial charge in [-0.1, -0.05) is 40.3 Å². The zero-order valence-electron chi connectivity index (χ0n) is 9.10. The first kappa shape index (κ1) is 12.2. The van der Waals surface area contributed by atoms with Crippen LogP contribution in [0.25, 0.3) is 5.70 Å². The first-order valence-corrected chi connectivity index (χ1v) is 5.94. The highest BCUT2D eigenvalue weighted by Gasteiger charge is 2.06. The van der Waals surface area contributed by atoms with Crippen molar-refractivity contribution in [3.8, 4) is 0 Å². The fourth-order valence-electron chi connectivity index (χ4n) is 1.37. The SMILES string of the molecule is CC(=O)N/C(=C/I)c1cc(C)ccc1C. The Hall–Kier alpha value is -0.840. The number of carbonyl (C=O) groups is 1. The van der Waals surface area contributed by atoms with Crippen molar-refractivity contribution in [3.05, 3.63) is 39.0 Å². The first-order chi connectivity index (χ1) is 7.04. The van der Waals surface area contributed by atoms with E-state index in [1.54, 1.807) is 0 Å². The average Bonchev–Trinajstić information content (AvgIpc) is 2.18. The monoisotopic (exact) mass is 315 g/mol. The van der Waals surface area contributed by atoms with Crippen LogP contribution >= 0.6 is 22.6 Å². The topological polar surface area (TPSA) is 29.1 Å². The molecule has 1 aromatic carbocycles. The third-order valence-electron chi connectivity index (χ3n) is 2.10. The molecule has 0 saturated carbocycles. The van der Waals surface area contributed by atoms with Crippen molar-refractivity contribution in [3.63, 3.8) is 0 Å². The summed E-state index contributed by atoms with van der Waals surface area (Å²) in [5, 5.41) is 2.83. The van der Waals surface area contributed by atoms with E-state index in [-0.39, 0.29) is 5.91 Å². The Kier molecular flexibility index (Phi) is 4.32. The largest absolute Gasteiger partial charge is 0.325 e. The minimum Gasteiger partial charge on any atom is -0.325 e. The van der Waals surface area contributed by atoms with Gasteiger partial charge in [0.1, 0.15) is 0 Å². The van der Waals surface area contributed by atoms with Crippen molar-refractivity contribution in [2.24, 2.45) is 0 Å². The Labute approximate surface area is 104 Å². The molecule has 3 heteroatoms. The molecular formula is C12H14INO. The van der Waals surface area contributed by atoms with E-state index in [0.717, 1.165) is 16.8 Å². The van der Waals surface area contributed by atoms with Crippen LogP contribution in [0.5, 0.6) is 0 Å². The lowest BCUT2D eigenvalue weighted by molar-refractivity contribution is -0.117. The van der Waals surface area contributed by atoms with E-state index in [1.807, 2.05) is 17.9 Å². The second kappa shape index (κ2) is 5.30. The molecule has 0 atom stereocenters. The molecule has 0 radical (unpaired) electrons. The van der Waals surface area contributed by atoms with Gasteiger partial charge in [-0.2, -0.15) is 0 Å². The van der Waals surface area contributed by atoms with E-state index in [1.165, 1.54) is 12.5 Å². The molecule has 0 bridgehead atoms. The highest BCUT2D eigenvalue weighted by molar-refractivity contribution is 14.1. The summed E-state index contributed by atoms with van der Waals surface area (Å²) in [6.07, 6.45) is 0. The van der Waals surface area contributed by atoms with E-state index >= 15 is 0 Å². The fraction of sp³-hybridized carbons (Fsp3) is 0.250. The molecule has 80 valence electrons. The molecule has 0 saturated heterocycles. The summed E-state index contributed by atoms with van der Waals surface area (Å²) in [7, 11) is 0. The molecule has 0 fully saturated rings. The van der Waals surface area contributed by atoms with Crippen LogP contribution in [0.1, 0.15) is 23.6 Å². The molecule has 1 aromatic rings. The van der Waals surface area contributed by atoms with Gasteiger partial charge in [0, 0.05) is 16.6 Å². The highest BCUT2D eigenvalue weighted by Crippen LogP contribution is 2.19. The third kappa shape index (κ3) is 3.34. The molecule has 1 N–H and O–H groups in total. The quantitative estimate of drug-likeness (QED) is 0.835. The smallest absolute Gasteiger partial charge is 0.221 e. The van der Waals surface area contributed by atoms with E-state index in [0.29, 0.717) is 0 Å². The molecule has 0 aromatic heterocycles. The van der Waals surface area contributed by atoms with Gasteiger partial charge in [-0.25, -0.2) is 0 Å². The summed E-state index contributed by atoms with van der Waals surface area (Å²) in [6.45, 7) is 5.60. The Balaban J connectivity index is 3.12. The standard InChI is InChI=1S/C12H14INO/c1-8-4-5-9(2)11(6-8)12(7-13)14-10(3)15/h4-7H,1-3H3,(H,14,15)/b12-7+. The number of halogens is 1. The number of rotatable bonds is 2. The maximum atomic E-state index is 11.0. The van der Waals surface area contributed by atoms with Gasteiger partial charge in [-0.15, -0.1) is 0 Å². The number of benzene rings is 1. The third-order valence-corrected chi connectivity index (χ3v) is 2.73. The minimum absolute atomic E-state index is 0.0428. The molecule has 15 heavy (non-hydrogen) atoms. The van der Waals surface area contributed by atoms with E-state index in [4.69, 9.17) is 0 Å². The van der Waals surface area contributed by atoms with Crippen molar-refractivity contribution in [1.82, 2.24) is 5.32 Å². The molecule has 1 rings (SSSR count). The lowest BCUT2D eigenvalue weighted by Crippen LogP contribution is -2.18. The van der Waals surface area contributed by atoms with Gasteiger partial charge in [0.15, 0.2) is 0 Å². The van der Waals surface area contributed by atoms with Crippen LogP contribution in [0.4, 0.5) is 0 Å². The Morgan fingerprint density at radius 1 is 1.40 bits per heavy atom. The number of nitrogens with one attached hydrogen (secondary N) is 1. The molecule has 0 aliphatic rings. The first-order valence-electron chi connectivity index (χ1n) is 4.70. The van der Waals surface area contributed by atoms with Crippen LogP contribution in [-0.2, 0) is 4.79 Å². The zero-order chi connectivity index (χ0) is 11.4. The number of hydrogen-bond acceptors (Lipinski definition) is 1. The van der Waals surface area contributed by atoms with Crippen LogP contribution in [0.2, 0.25) is 0 Å². The lowest BCUT2D eigenvalue weighted by Gasteiger charge is -2.11. The van der Waals surface area contributed by atoms with Crippen molar-refractivity contribution < 1.29 is 4.79 Å². The van der Waals surface area contributed by atoms with Gasteiger partial charge < -0.3 is 5.32 Å². The molecule has 2 nitrogen and oxygen atoms in total. The van der Waals surface area contributed by atoms with Gasteiger partial charge in [-0.05, 0) is 25.5 Å². The fourth-order valence-corrected chi connectivity index (χ4v) is 1.86.